The van der Waals surface area contributed by atoms with Gasteiger partial charge in [-0.2, -0.15) is 0 Å². The van der Waals surface area contributed by atoms with Gasteiger partial charge in [-0.1, -0.05) is 12.1 Å². The summed E-state index contributed by atoms with van der Waals surface area (Å²) in [7, 11) is 0. The van der Waals surface area contributed by atoms with Gasteiger partial charge in [-0.25, -0.2) is 4.79 Å². The monoisotopic (exact) mass is 379 g/mol. The van der Waals surface area contributed by atoms with E-state index in [4.69, 9.17) is 9.15 Å². The minimum absolute atomic E-state index is 0.0492. The van der Waals surface area contributed by atoms with Gasteiger partial charge in [0.2, 0.25) is 0 Å². The van der Waals surface area contributed by atoms with Crippen molar-refractivity contribution < 1.29 is 19.1 Å². The number of amides is 1. The molecule has 6 heteroatoms. The summed E-state index contributed by atoms with van der Waals surface area (Å²) in [4.78, 5) is 25.6. The van der Waals surface area contributed by atoms with E-state index >= 15 is 0 Å². The average molecular weight is 379 g/mol. The molecule has 0 radical (unpaired) electrons. The number of hydrogen-bond donors (Lipinski definition) is 1. The van der Waals surface area contributed by atoms with Crippen LogP contribution in [0, 0.1) is 0 Å². The molecule has 4 rings (SSSR count). The molecule has 0 saturated carbocycles. The lowest BCUT2D eigenvalue weighted by Crippen LogP contribution is -2.40. The normalized spacial score (nSPS) is 14.9. The molecule has 2 aromatic carbocycles. The fraction of sp³-hybridized carbons (Fsp3) is 0.273. The molecule has 6 nitrogen and oxygen atoms in total. The van der Waals surface area contributed by atoms with Crippen molar-refractivity contribution >= 4 is 16.9 Å². The summed E-state index contributed by atoms with van der Waals surface area (Å²) < 4.78 is 10.8. The molecule has 1 amide bonds. The molecular weight excluding hydrogens is 358 g/mol. The number of phenolic OH excluding ortho intramolecular Hbond substituents is 1. The zero-order chi connectivity index (χ0) is 19.5. The number of fused-ring (bicyclic) bond motifs is 1. The smallest absolute Gasteiger partial charge is 0.336 e. The van der Waals surface area contributed by atoms with Crippen molar-refractivity contribution in [3.63, 3.8) is 0 Å². The zero-order valence-corrected chi connectivity index (χ0v) is 15.3. The molecule has 1 aliphatic heterocycles. The highest BCUT2D eigenvalue weighted by molar-refractivity contribution is 5.79. The Kier molecular flexibility index (Phi) is 5.02. The summed E-state index contributed by atoms with van der Waals surface area (Å²) in [6, 6.07) is 15.5. The first-order valence-electron chi connectivity index (χ1n) is 9.32. The maximum Gasteiger partial charge on any atom is 0.336 e. The molecule has 1 fully saturated rings. The minimum Gasteiger partial charge on any atom is -0.508 e. The summed E-state index contributed by atoms with van der Waals surface area (Å²) >= 11 is 0. The summed E-state index contributed by atoms with van der Waals surface area (Å²) in [5.41, 5.74) is 1.21. The van der Waals surface area contributed by atoms with Crippen molar-refractivity contribution in [3.05, 3.63) is 70.6 Å². The SMILES string of the molecule is O=C(COc1ccc2ccc(=O)oc2c1)N1CCC(c2ccc(O)cc2)CC1. The number of nitrogens with zero attached hydrogens (tertiary/aromatic N) is 1. The van der Waals surface area contributed by atoms with E-state index in [2.05, 4.69) is 0 Å². The van der Waals surface area contributed by atoms with Crippen LogP contribution in [0.4, 0.5) is 0 Å². The Balaban J connectivity index is 1.32. The minimum atomic E-state index is -0.419. The number of carbonyl (C=O) groups is 1. The quantitative estimate of drug-likeness (QED) is 0.704. The van der Waals surface area contributed by atoms with Crippen molar-refractivity contribution in [3.8, 4) is 11.5 Å². The number of phenols is 1. The average Bonchev–Trinajstić information content (AvgIpc) is 2.72. The zero-order valence-electron chi connectivity index (χ0n) is 15.3. The number of hydrogen-bond acceptors (Lipinski definition) is 5. The number of carbonyl (C=O) groups excluding carboxylic acids is 1. The molecule has 0 aliphatic carbocycles. The standard InChI is InChI=1S/C22H21NO5/c24-18-5-1-15(2-6-18)16-9-11-23(12-10-16)21(25)14-27-19-7-3-17-4-8-22(26)28-20(17)13-19/h1-8,13,16,24H,9-12,14H2. The van der Waals surface area contributed by atoms with E-state index in [-0.39, 0.29) is 18.3 Å². The lowest BCUT2D eigenvalue weighted by Gasteiger charge is -2.32. The van der Waals surface area contributed by atoms with Gasteiger partial charge in [-0.3, -0.25) is 4.79 Å². The van der Waals surface area contributed by atoms with Gasteiger partial charge in [-0.05, 0) is 54.7 Å². The second-order valence-corrected chi connectivity index (χ2v) is 6.99. The van der Waals surface area contributed by atoms with Crippen LogP contribution in [0.2, 0.25) is 0 Å². The molecular formula is C22H21NO5. The molecule has 0 bridgehead atoms. The molecule has 2 heterocycles. The number of piperidine rings is 1. The van der Waals surface area contributed by atoms with E-state index in [0.717, 1.165) is 18.2 Å². The van der Waals surface area contributed by atoms with E-state index in [1.807, 2.05) is 17.0 Å². The second-order valence-electron chi connectivity index (χ2n) is 6.99. The van der Waals surface area contributed by atoms with Crippen LogP contribution in [0.25, 0.3) is 11.0 Å². The van der Waals surface area contributed by atoms with Crippen molar-refractivity contribution in [1.29, 1.82) is 0 Å². The van der Waals surface area contributed by atoms with Gasteiger partial charge in [0.25, 0.3) is 5.91 Å². The van der Waals surface area contributed by atoms with E-state index in [1.165, 1.54) is 11.6 Å². The van der Waals surface area contributed by atoms with Gasteiger partial charge in [0.05, 0.1) is 0 Å². The Morgan fingerprint density at radius 3 is 2.54 bits per heavy atom. The van der Waals surface area contributed by atoms with Crippen LogP contribution in [-0.2, 0) is 4.79 Å². The second kappa shape index (κ2) is 7.76. The van der Waals surface area contributed by atoms with Gasteiger partial charge >= 0.3 is 5.63 Å². The largest absolute Gasteiger partial charge is 0.508 e. The Morgan fingerprint density at radius 2 is 1.79 bits per heavy atom. The van der Waals surface area contributed by atoms with Crippen molar-refractivity contribution in [2.24, 2.45) is 0 Å². The predicted octanol–water partition coefficient (Wildman–Crippen LogP) is 3.28. The molecule has 1 aliphatic rings. The van der Waals surface area contributed by atoms with Crippen LogP contribution in [0.15, 0.2) is 63.8 Å². The summed E-state index contributed by atoms with van der Waals surface area (Å²) in [6.07, 6.45) is 1.77. The Hall–Kier alpha value is -3.28. The van der Waals surface area contributed by atoms with E-state index in [0.29, 0.717) is 30.3 Å². The Bertz CT molecular complexity index is 1030. The summed E-state index contributed by atoms with van der Waals surface area (Å²) in [6.45, 7) is 1.31. The number of likely N-dealkylation sites (tertiary alicyclic amines) is 1. The first-order valence-corrected chi connectivity index (χ1v) is 9.32. The first-order chi connectivity index (χ1) is 13.6. The number of ether oxygens (including phenoxy) is 1. The number of rotatable bonds is 4. The Morgan fingerprint density at radius 1 is 1.07 bits per heavy atom. The maximum atomic E-state index is 12.5. The summed E-state index contributed by atoms with van der Waals surface area (Å²) in [5.74, 6) is 1.10. The lowest BCUT2D eigenvalue weighted by molar-refractivity contribution is -0.134. The molecule has 1 aromatic heterocycles. The molecule has 0 unspecified atom stereocenters. The van der Waals surface area contributed by atoms with Crippen LogP contribution >= 0.6 is 0 Å². The molecule has 144 valence electrons. The van der Waals surface area contributed by atoms with Gasteiger partial charge in [0, 0.05) is 30.6 Å². The van der Waals surface area contributed by atoms with Crippen molar-refractivity contribution in [2.45, 2.75) is 18.8 Å². The fourth-order valence-electron chi connectivity index (χ4n) is 3.58. The van der Waals surface area contributed by atoms with Crippen molar-refractivity contribution in [2.75, 3.05) is 19.7 Å². The highest BCUT2D eigenvalue weighted by Crippen LogP contribution is 2.29. The molecule has 3 aromatic rings. The number of aromatic hydroxyl groups is 1. The molecule has 28 heavy (non-hydrogen) atoms. The third-order valence-corrected chi connectivity index (χ3v) is 5.17. The van der Waals surface area contributed by atoms with Crippen LogP contribution in [0.3, 0.4) is 0 Å². The van der Waals surface area contributed by atoms with E-state index in [9.17, 15) is 14.7 Å². The molecule has 0 spiro atoms. The third kappa shape index (κ3) is 4.01. The number of benzene rings is 2. The van der Waals surface area contributed by atoms with Crippen LogP contribution in [0.5, 0.6) is 11.5 Å². The fourth-order valence-corrected chi connectivity index (χ4v) is 3.58. The topological polar surface area (TPSA) is 80.0 Å². The maximum absolute atomic E-state index is 12.5. The predicted molar refractivity (Wildman–Crippen MR) is 105 cm³/mol. The molecule has 1 saturated heterocycles. The van der Waals surface area contributed by atoms with Gasteiger partial charge in [0.15, 0.2) is 6.61 Å². The molecule has 0 atom stereocenters. The lowest BCUT2D eigenvalue weighted by atomic mass is 9.89. The highest BCUT2D eigenvalue weighted by atomic mass is 16.5. The van der Waals surface area contributed by atoms with Crippen LogP contribution < -0.4 is 10.4 Å². The van der Waals surface area contributed by atoms with E-state index in [1.54, 1.807) is 36.4 Å². The van der Waals surface area contributed by atoms with Crippen molar-refractivity contribution in [1.82, 2.24) is 4.90 Å². The third-order valence-electron chi connectivity index (χ3n) is 5.17. The Labute approximate surface area is 162 Å². The van der Waals surface area contributed by atoms with E-state index < -0.39 is 5.63 Å². The summed E-state index contributed by atoms with van der Waals surface area (Å²) in [5, 5.41) is 10.2. The highest BCUT2D eigenvalue weighted by Gasteiger charge is 2.24. The van der Waals surface area contributed by atoms with Crippen LogP contribution in [-0.4, -0.2) is 35.6 Å². The van der Waals surface area contributed by atoms with Crippen LogP contribution in [0.1, 0.15) is 24.3 Å². The first kappa shape index (κ1) is 18.1. The van der Waals surface area contributed by atoms with Gasteiger partial charge < -0.3 is 19.2 Å². The van der Waals surface area contributed by atoms with Gasteiger partial charge in [-0.15, -0.1) is 0 Å². The molecule has 1 N–H and O–H groups in total. The van der Waals surface area contributed by atoms with Gasteiger partial charge in [0.1, 0.15) is 17.1 Å².